The number of aliphatic hydroxyl groups excluding tert-OH is 1. The molecule has 1 rings (SSSR count). The third kappa shape index (κ3) is 4.52. The summed E-state index contributed by atoms with van der Waals surface area (Å²) < 4.78 is 23.3. The first-order valence-corrected chi connectivity index (χ1v) is 8.67. The van der Waals surface area contributed by atoms with E-state index >= 15 is 0 Å². The quantitative estimate of drug-likeness (QED) is 0.689. The van der Waals surface area contributed by atoms with E-state index in [9.17, 15) is 13.5 Å². The van der Waals surface area contributed by atoms with E-state index in [2.05, 4.69) is 5.32 Å². The first kappa shape index (κ1) is 15.9. The molecular formula is C13H27NO3S. The van der Waals surface area contributed by atoms with E-state index in [1.165, 1.54) is 19.3 Å². The van der Waals surface area contributed by atoms with Gasteiger partial charge in [-0.05, 0) is 26.7 Å². The number of sulfone groups is 1. The van der Waals surface area contributed by atoms with Crippen molar-refractivity contribution in [2.24, 2.45) is 5.41 Å². The molecule has 0 unspecified atom stereocenters. The summed E-state index contributed by atoms with van der Waals surface area (Å²) in [5.74, 6) is 0.187. The van der Waals surface area contributed by atoms with Gasteiger partial charge in [-0.3, -0.25) is 0 Å². The topological polar surface area (TPSA) is 66.4 Å². The summed E-state index contributed by atoms with van der Waals surface area (Å²) in [6, 6.07) is 0. The molecule has 0 aliphatic heterocycles. The van der Waals surface area contributed by atoms with Gasteiger partial charge in [-0.25, -0.2) is 8.42 Å². The Morgan fingerprint density at radius 1 is 1.22 bits per heavy atom. The minimum atomic E-state index is -2.95. The van der Waals surface area contributed by atoms with Gasteiger partial charge in [0.05, 0.1) is 11.0 Å². The van der Waals surface area contributed by atoms with E-state index in [1.54, 1.807) is 13.8 Å². The van der Waals surface area contributed by atoms with Crippen LogP contribution in [0.25, 0.3) is 0 Å². The summed E-state index contributed by atoms with van der Waals surface area (Å²) in [4.78, 5) is 0. The molecule has 0 aromatic heterocycles. The van der Waals surface area contributed by atoms with Gasteiger partial charge in [0.25, 0.3) is 0 Å². The number of aliphatic hydroxyl groups is 1. The lowest BCUT2D eigenvalue weighted by atomic mass is 9.74. The Labute approximate surface area is 111 Å². The average molecular weight is 277 g/mol. The summed E-state index contributed by atoms with van der Waals surface area (Å²) in [5, 5.41) is 12.4. The van der Waals surface area contributed by atoms with Crippen molar-refractivity contribution in [2.75, 3.05) is 25.4 Å². The molecule has 1 saturated carbocycles. The lowest BCUT2D eigenvalue weighted by Gasteiger charge is -2.35. The van der Waals surface area contributed by atoms with Gasteiger partial charge in [-0.1, -0.05) is 19.3 Å². The van der Waals surface area contributed by atoms with Crippen LogP contribution in [0.2, 0.25) is 0 Å². The van der Waals surface area contributed by atoms with Gasteiger partial charge in [0.15, 0.2) is 9.84 Å². The third-order valence-corrected chi connectivity index (χ3v) is 6.24. The molecule has 0 heterocycles. The van der Waals surface area contributed by atoms with Crippen molar-refractivity contribution in [1.82, 2.24) is 5.32 Å². The van der Waals surface area contributed by atoms with Crippen LogP contribution in [0.4, 0.5) is 0 Å². The number of nitrogens with one attached hydrogen (secondary N) is 1. The van der Waals surface area contributed by atoms with E-state index in [0.717, 1.165) is 19.4 Å². The summed E-state index contributed by atoms with van der Waals surface area (Å²) in [5.41, 5.74) is -0.0140. The van der Waals surface area contributed by atoms with E-state index in [-0.39, 0.29) is 23.0 Å². The predicted octanol–water partition coefficient (Wildman–Crippen LogP) is 1.34. The third-order valence-electron chi connectivity index (χ3n) is 4.03. The molecular weight excluding hydrogens is 250 g/mol. The zero-order valence-electron chi connectivity index (χ0n) is 11.6. The highest BCUT2D eigenvalue weighted by molar-refractivity contribution is 7.92. The molecule has 0 aromatic rings. The zero-order valence-corrected chi connectivity index (χ0v) is 12.4. The predicted molar refractivity (Wildman–Crippen MR) is 74.4 cm³/mol. The molecule has 0 bridgehead atoms. The number of hydrogen-bond acceptors (Lipinski definition) is 4. The molecule has 18 heavy (non-hydrogen) atoms. The second kappa shape index (κ2) is 6.87. The fraction of sp³-hybridized carbons (Fsp3) is 1.00. The van der Waals surface area contributed by atoms with Crippen LogP contribution >= 0.6 is 0 Å². The Bertz CT molecular complexity index is 332. The maximum absolute atomic E-state index is 11.6. The van der Waals surface area contributed by atoms with Crippen molar-refractivity contribution in [2.45, 2.75) is 51.2 Å². The van der Waals surface area contributed by atoms with Crippen LogP contribution in [0.1, 0.15) is 46.0 Å². The van der Waals surface area contributed by atoms with Crippen LogP contribution in [0.5, 0.6) is 0 Å². The molecule has 0 aromatic carbocycles. The molecule has 1 fully saturated rings. The summed E-state index contributed by atoms with van der Waals surface area (Å²) in [6.07, 6.45) is 5.70. The Kier molecular flexibility index (Phi) is 6.08. The van der Waals surface area contributed by atoms with Crippen molar-refractivity contribution in [3.63, 3.8) is 0 Å². The van der Waals surface area contributed by atoms with E-state index in [0.29, 0.717) is 6.54 Å². The van der Waals surface area contributed by atoms with Crippen molar-refractivity contribution >= 4 is 9.84 Å². The molecule has 0 spiro atoms. The largest absolute Gasteiger partial charge is 0.396 e. The second-order valence-corrected chi connectivity index (χ2v) is 8.49. The highest BCUT2D eigenvalue weighted by Gasteiger charge is 2.30. The lowest BCUT2D eigenvalue weighted by Crippen LogP contribution is -2.40. The molecule has 5 heteroatoms. The number of hydrogen-bond donors (Lipinski definition) is 2. The van der Waals surface area contributed by atoms with Crippen LogP contribution < -0.4 is 5.32 Å². The van der Waals surface area contributed by atoms with Gasteiger partial charge in [0.2, 0.25) is 0 Å². The molecule has 4 nitrogen and oxygen atoms in total. The van der Waals surface area contributed by atoms with Crippen LogP contribution in [0.3, 0.4) is 0 Å². The Morgan fingerprint density at radius 3 is 2.33 bits per heavy atom. The smallest absolute Gasteiger partial charge is 0.153 e. The van der Waals surface area contributed by atoms with Gasteiger partial charge < -0.3 is 10.4 Å². The highest BCUT2D eigenvalue weighted by atomic mass is 32.2. The van der Waals surface area contributed by atoms with Crippen molar-refractivity contribution in [3.05, 3.63) is 0 Å². The van der Waals surface area contributed by atoms with E-state index in [4.69, 9.17) is 0 Å². The average Bonchev–Trinajstić information content (AvgIpc) is 2.36. The molecule has 0 radical (unpaired) electrons. The lowest BCUT2D eigenvalue weighted by molar-refractivity contribution is 0.0820. The highest BCUT2D eigenvalue weighted by Crippen LogP contribution is 2.35. The van der Waals surface area contributed by atoms with Crippen molar-refractivity contribution in [1.29, 1.82) is 0 Å². The molecule has 108 valence electrons. The summed E-state index contributed by atoms with van der Waals surface area (Å²) in [7, 11) is -2.95. The second-order valence-electron chi connectivity index (χ2n) is 5.81. The van der Waals surface area contributed by atoms with Gasteiger partial charge in [0.1, 0.15) is 0 Å². The molecule has 0 amide bonds. The first-order chi connectivity index (χ1) is 8.42. The minimum absolute atomic E-state index is 0.0140. The van der Waals surface area contributed by atoms with Gasteiger partial charge >= 0.3 is 0 Å². The Hall–Kier alpha value is -0.130. The maximum Gasteiger partial charge on any atom is 0.153 e. The molecule has 2 N–H and O–H groups in total. The summed E-state index contributed by atoms with van der Waals surface area (Å²) >= 11 is 0. The van der Waals surface area contributed by atoms with E-state index < -0.39 is 9.84 Å². The van der Waals surface area contributed by atoms with Crippen LogP contribution in [-0.4, -0.2) is 44.2 Å². The standard InChI is InChI=1S/C13H27NO3S/c1-12(2)18(16,17)9-8-14-10-13(11-15)6-4-3-5-7-13/h12,14-15H,3-11H2,1-2H3. The first-order valence-electron chi connectivity index (χ1n) is 6.95. The van der Waals surface area contributed by atoms with Gasteiger partial charge in [-0.15, -0.1) is 0 Å². The van der Waals surface area contributed by atoms with Crippen molar-refractivity contribution in [3.8, 4) is 0 Å². The molecule has 0 atom stereocenters. The van der Waals surface area contributed by atoms with Crippen LogP contribution in [0, 0.1) is 5.41 Å². The maximum atomic E-state index is 11.6. The molecule has 0 saturated heterocycles. The van der Waals surface area contributed by atoms with Crippen LogP contribution in [0.15, 0.2) is 0 Å². The minimum Gasteiger partial charge on any atom is -0.396 e. The Morgan fingerprint density at radius 2 is 1.83 bits per heavy atom. The SMILES string of the molecule is CC(C)S(=O)(=O)CCNCC1(CO)CCCCC1. The zero-order chi connectivity index (χ0) is 13.6. The fourth-order valence-electron chi connectivity index (χ4n) is 2.50. The monoisotopic (exact) mass is 277 g/mol. The summed E-state index contributed by atoms with van der Waals surface area (Å²) in [6.45, 7) is 4.85. The Balaban J connectivity index is 2.32. The van der Waals surface area contributed by atoms with Crippen molar-refractivity contribution < 1.29 is 13.5 Å². The molecule has 1 aliphatic rings. The fourth-order valence-corrected chi connectivity index (χ4v) is 3.40. The van der Waals surface area contributed by atoms with Gasteiger partial charge in [0, 0.05) is 25.1 Å². The normalized spacial score (nSPS) is 20.2. The van der Waals surface area contributed by atoms with Crippen LogP contribution in [-0.2, 0) is 9.84 Å². The van der Waals surface area contributed by atoms with Gasteiger partial charge in [-0.2, -0.15) is 0 Å². The van der Waals surface area contributed by atoms with E-state index in [1.807, 2.05) is 0 Å². The molecule has 1 aliphatic carbocycles. The number of rotatable bonds is 7.